The molecule has 0 saturated heterocycles. The van der Waals surface area contributed by atoms with E-state index in [1.165, 1.54) is 18.2 Å². The van der Waals surface area contributed by atoms with Crippen LogP contribution in [0.3, 0.4) is 0 Å². The zero-order valence-corrected chi connectivity index (χ0v) is 7.07. The van der Waals surface area contributed by atoms with Gasteiger partial charge in [-0.25, -0.2) is 4.39 Å². The van der Waals surface area contributed by atoms with Crippen LogP contribution in [0.4, 0.5) is 4.39 Å². The van der Waals surface area contributed by atoms with Crippen LogP contribution in [-0.2, 0) is 0 Å². The lowest BCUT2D eigenvalue weighted by Crippen LogP contribution is -1.77. The van der Waals surface area contributed by atoms with E-state index in [9.17, 15) is 4.39 Å². The van der Waals surface area contributed by atoms with E-state index >= 15 is 0 Å². The Morgan fingerprint density at radius 1 is 1.29 bits per heavy atom. The Bertz CT molecular complexity index is 482. The van der Waals surface area contributed by atoms with Crippen LogP contribution in [0.1, 0.15) is 5.76 Å². The Labute approximate surface area is 79.4 Å². The van der Waals surface area contributed by atoms with Crippen LogP contribution >= 0.6 is 0 Å². The predicted octanol–water partition coefficient (Wildman–Crippen LogP) is 2.35. The van der Waals surface area contributed by atoms with E-state index in [4.69, 9.17) is 9.78 Å². The smallest absolute Gasteiger partial charge is 0.236 e. The average molecular weight is 188 g/mol. The molecule has 1 heterocycles. The maximum absolute atomic E-state index is 12.6. The molecule has 0 saturated carbocycles. The first-order valence-electron chi connectivity index (χ1n) is 3.92. The predicted molar refractivity (Wildman–Crippen MR) is 46.6 cm³/mol. The van der Waals surface area contributed by atoms with E-state index in [1.807, 2.05) is 6.07 Å². The lowest BCUT2D eigenvalue weighted by atomic mass is 10.1. The van der Waals surface area contributed by atoms with Gasteiger partial charge in [-0.05, 0) is 24.3 Å². The summed E-state index contributed by atoms with van der Waals surface area (Å²) in [4.78, 5) is 0. The Kier molecular flexibility index (Phi) is 1.99. The Morgan fingerprint density at radius 3 is 2.57 bits per heavy atom. The summed E-state index contributed by atoms with van der Waals surface area (Å²) in [5, 5.41) is 12.2. The molecule has 4 heteroatoms. The number of rotatable bonds is 1. The summed E-state index contributed by atoms with van der Waals surface area (Å²) in [6.45, 7) is 0. The number of hydrogen-bond donors (Lipinski definition) is 0. The summed E-state index contributed by atoms with van der Waals surface area (Å²) in [6.07, 6.45) is 0. The zero-order chi connectivity index (χ0) is 9.97. The molecular weight excluding hydrogens is 183 g/mol. The summed E-state index contributed by atoms with van der Waals surface area (Å²) in [5.74, 6) is -0.165. The second-order valence-corrected chi connectivity index (χ2v) is 2.70. The van der Waals surface area contributed by atoms with Gasteiger partial charge in [0.25, 0.3) is 0 Å². The fraction of sp³-hybridized carbons (Fsp3) is 0. The standard InChI is InChI=1S/C10H5FN2O/c11-8-3-1-7(2-4-8)10-5-9(6-12)14-13-10/h1-5H. The van der Waals surface area contributed by atoms with Gasteiger partial charge < -0.3 is 4.52 Å². The number of aromatic nitrogens is 1. The largest absolute Gasteiger partial charge is 0.345 e. The third-order valence-corrected chi connectivity index (χ3v) is 1.76. The molecule has 0 aliphatic heterocycles. The Hall–Kier alpha value is -2.15. The molecule has 14 heavy (non-hydrogen) atoms. The van der Waals surface area contributed by atoms with Crippen LogP contribution in [0, 0.1) is 17.1 Å². The molecule has 1 aromatic heterocycles. The van der Waals surface area contributed by atoms with Gasteiger partial charge in [0.05, 0.1) is 0 Å². The maximum Gasteiger partial charge on any atom is 0.236 e. The lowest BCUT2D eigenvalue weighted by molar-refractivity contribution is 0.412. The average Bonchev–Trinajstić information content (AvgIpc) is 2.67. The van der Waals surface area contributed by atoms with Crippen molar-refractivity contribution < 1.29 is 8.91 Å². The summed E-state index contributed by atoms with van der Waals surface area (Å²) >= 11 is 0. The molecule has 0 radical (unpaired) electrons. The van der Waals surface area contributed by atoms with Gasteiger partial charge in [0.2, 0.25) is 5.76 Å². The molecule has 2 rings (SSSR count). The van der Waals surface area contributed by atoms with E-state index < -0.39 is 0 Å². The molecule has 0 bridgehead atoms. The van der Waals surface area contributed by atoms with Gasteiger partial charge in [-0.15, -0.1) is 0 Å². The molecule has 0 aliphatic carbocycles. The second-order valence-electron chi connectivity index (χ2n) is 2.70. The first kappa shape index (κ1) is 8.45. The van der Waals surface area contributed by atoms with Crippen molar-refractivity contribution in [1.82, 2.24) is 5.16 Å². The van der Waals surface area contributed by atoms with E-state index in [0.717, 1.165) is 5.56 Å². The van der Waals surface area contributed by atoms with Crippen LogP contribution < -0.4 is 0 Å². The van der Waals surface area contributed by atoms with E-state index in [-0.39, 0.29) is 11.6 Å². The lowest BCUT2D eigenvalue weighted by Gasteiger charge is -1.92. The molecule has 0 unspecified atom stereocenters. The van der Waals surface area contributed by atoms with E-state index in [0.29, 0.717) is 5.69 Å². The van der Waals surface area contributed by atoms with Gasteiger partial charge in [0.15, 0.2) is 0 Å². The van der Waals surface area contributed by atoms with E-state index in [1.54, 1.807) is 12.1 Å². The minimum Gasteiger partial charge on any atom is -0.345 e. The number of benzene rings is 1. The summed E-state index contributed by atoms with van der Waals surface area (Å²) in [5.41, 5.74) is 1.25. The molecule has 2 aromatic rings. The van der Waals surface area contributed by atoms with E-state index in [2.05, 4.69) is 5.16 Å². The SMILES string of the molecule is N#Cc1cc(-c2ccc(F)cc2)no1. The Morgan fingerprint density at radius 2 is 2.00 bits per heavy atom. The molecule has 0 spiro atoms. The van der Waals surface area contributed by atoms with Gasteiger partial charge in [-0.3, -0.25) is 0 Å². The third-order valence-electron chi connectivity index (χ3n) is 1.76. The number of halogens is 1. The van der Waals surface area contributed by atoms with Crippen LogP contribution in [0.25, 0.3) is 11.3 Å². The molecular formula is C10H5FN2O. The van der Waals surface area contributed by atoms with Crippen molar-refractivity contribution in [2.24, 2.45) is 0 Å². The second kappa shape index (κ2) is 3.30. The van der Waals surface area contributed by atoms with Crippen molar-refractivity contribution in [3.05, 3.63) is 41.9 Å². The monoisotopic (exact) mass is 188 g/mol. The zero-order valence-electron chi connectivity index (χ0n) is 7.07. The molecule has 0 N–H and O–H groups in total. The highest BCUT2D eigenvalue weighted by molar-refractivity contribution is 5.59. The van der Waals surface area contributed by atoms with Crippen molar-refractivity contribution in [1.29, 1.82) is 5.26 Å². The van der Waals surface area contributed by atoms with Gasteiger partial charge in [0, 0.05) is 11.6 Å². The number of nitrogens with zero attached hydrogens (tertiary/aromatic N) is 2. The van der Waals surface area contributed by atoms with Gasteiger partial charge in [-0.1, -0.05) is 5.16 Å². The molecule has 0 atom stereocenters. The molecule has 1 aromatic carbocycles. The van der Waals surface area contributed by atoms with Crippen molar-refractivity contribution in [3.63, 3.8) is 0 Å². The molecule has 3 nitrogen and oxygen atoms in total. The van der Waals surface area contributed by atoms with Crippen molar-refractivity contribution >= 4 is 0 Å². The summed E-state index contributed by atoms with van der Waals surface area (Å²) in [7, 11) is 0. The van der Waals surface area contributed by atoms with Crippen molar-refractivity contribution in [3.8, 4) is 17.3 Å². The minimum absolute atomic E-state index is 0.143. The minimum atomic E-state index is -0.308. The summed E-state index contributed by atoms with van der Waals surface area (Å²) in [6, 6.07) is 9.15. The highest BCUT2D eigenvalue weighted by Gasteiger charge is 2.05. The summed E-state index contributed by atoms with van der Waals surface area (Å²) < 4.78 is 17.3. The van der Waals surface area contributed by atoms with Crippen molar-refractivity contribution in [2.75, 3.05) is 0 Å². The highest BCUT2D eigenvalue weighted by atomic mass is 19.1. The molecule has 68 valence electrons. The van der Waals surface area contributed by atoms with Crippen LogP contribution in [0.15, 0.2) is 34.9 Å². The number of nitriles is 1. The topological polar surface area (TPSA) is 49.8 Å². The third kappa shape index (κ3) is 1.48. The fourth-order valence-corrected chi connectivity index (χ4v) is 1.08. The van der Waals surface area contributed by atoms with Crippen LogP contribution in [-0.4, -0.2) is 5.16 Å². The first-order chi connectivity index (χ1) is 6.79. The van der Waals surface area contributed by atoms with Gasteiger partial charge in [0.1, 0.15) is 17.6 Å². The first-order valence-corrected chi connectivity index (χ1v) is 3.92. The molecule has 0 fully saturated rings. The van der Waals surface area contributed by atoms with Crippen LogP contribution in [0.5, 0.6) is 0 Å². The van der Waals surface area contributed by atoms with Crippen molar-refractivity contribution in [2.45, 2.75) is 0 Å². The normalized spacial score (nSPS) is 9.71. The highest BCUT2D eigenvalue weighted by Crippen LogP contribution is 2.18. The maximum atomic E-state index is 12.6. The molecule has 0 aliphatic rings. The molecule has 0 amide bonds. The Balaban J connectivity index is 2.40. The van der Waals surface area contributed by atoms with Crippen LogP contribution in [0.2, 0.25) is 0 Å². The fourth-order valence-electron chi connectivity index (χ4n) is 1.08. The number of hydrogen-bond acceptors (Lipinski definition) is 3. The quantitative estimate of drug-likeness (QED) is 0.690. The van der Waals surface area contributed by atoms with Gasteiger partial charge in [-0.2, -0.15) is 5.26 Å². The van der Waals surface area contributed by atoms with Gasteiger partial charge >= 0.3 is 0 Å².